The van der Waals surface area contributed by atoms with E-state index in [1.165, 1.54) is 31.4 Å². The zero-order valence-corrected chi connectivity index (χ0v) is 11.3. The third-order valence-corrected chi connectivity index (χ3v) is 2.69. The summed E-state index contributed by atoms with van der Waals surface area (Å²) in [5.74, 6) is -0.932. The SMILES string of the molecule is COC(=O)c1nc(N)ccc1-c1ccc(OC(F)(F)F)cc1. The highest BCUT2D eigenvalue weighted by molar-refractivity contribution is 5.95. The molecular formula is C14H11F3N2O3. The molecule has 0 atom stereocenters. The molecule has 0 amide bonds. The van der Waals surface area contributed by atoms with Crippen LogP contribution in [-0.4, -0.2) is 24.4 Å². The first-order valence-corrected chi connectivity index (χ1v) is 6.01. The number of ether oxygens (including phenoxy) is 2. The van der Waals surface area contributed by atoms with Crippen LogP contribution in [0.3, 0.4) is 0 Å². The molecule has 0 bridgehead atoms. The van der Waals surface area contributed by atoms with Gasteiger partial charge in [-0.25, -0.2) is 9.78 Å². The first kappa shape index (κ1) is 15.6. The summed E-state index contributed by atoms with van der Waals surface area (Å²) >= 11 is 0. The largest absolute Gasteiger partial charge is 0.573 e. The van der Waals surface area contributed by atoms with Crippen LogP contribution in [-0.2, 0) is 4.74 Å². The molecule has 5 nitrogen and oxygen atoms in total. The summed E-state index contributed by atoms with van der Waals surface area (Å²) < 4.78 is 44.7. The van der Waals surface area contributed by atoms with Gasteiger partial charge >= 0.3 is 12.3 Å². The number of esters is 1. The number of anilines is 1. The van der Waals surface area contributed by atoms with Gasteiger partial charge in [-0.05, 0) is 29.8 Å². The van der Waals surface area contributed by atoms with E-state index in [9.17, 15) is 18.0 Å². The zero-order chi connectivity index (χ0) is 16.3. The number of hydrogen-bond acceptors (Lipinski definition) is 5. The molecule has 22 heavy (non-hydrogen) atoms. The maximum Gasteiger partial charge on any atom is 0.573 e. The molecule has 1 heterocycles. The Balaban J connectivity index is 2.38. The number of nitrogen functional groups attached to an aromatic ring is 1. The predicted octanol–water partition coefficient (Wildman–Crippen LogP) is 3.02. The van der Waals surface area contributed by atoms with Crippen molar-refractivity contribution in [3.8, 4) is 16.9 Å². The van der Waals surface area contributed by atoms with Gasteiger partial charge in [0.1, 0.15) is 11.6 Å². The number of carbonyl (C=O) groups is 1. The minimum absolute atomic E-state index is 0.0213. The van der Waals surface area contributed by atoms with Crippen LogP contribution >= 0.6 is 0 Å². The Hall–Kier alpha value is -2.77. The second-order valence-electron chi connectivity index (χ2n) is 4.20. The van der Waals surface area contributed by atoms with Gasteiger partial charge in [0.15, 0.2) is 5.69 Å². The van der Waals surface area contributed by atoms with Crippen LogP contribution in [0.4, 0.5) is 19.0 Å². The predicted molar refractivity (Wildman–Crippen MR) is 72.1 cm³/mol. The summed E-state index contributed by atoms with van der Waals surface area (Å²) in [6.45, 7) is 0. The Kier molecular flexibility index (Phi) is 4.20. The van der Waals surface area contributed by atoms with Gasteiger partial charge < -0.3 is 15.2 Å². The van der Waals surface area contributed by atoms with E-state index in [2.05, 4.69) is 14.5 Å². The molecule has 0 saturated heterocycles. The topological polar surface area (TPSA) is 74.4 Å². The molecule has 0 aliphatic heterocycles. The van der Waals surface area contributed by atoms with E-state index in [0.717, 1.165) is 12.1 Å². The van der Waals surface area contributed by atoms with Crippen molar-refractivity contribution in [2.24, 2.45) is 0 Å². The third-order valence-electron chi connectivity index (χ3n) is 2.69. The summed E-state index contributed by atoms with van der Waals surface area (Å²) in [6, 6.07) is 8.04. The smallest absolute Gasteiger partial charge is 0.464 e. The molecule has 2 aromatic rings. The first-order valence-electron chi connectivity index (χ1n) is 6.01. The van der Waals surface area contributed by atoms with Gasteiger partial charge in [-0.3, -0.25) is 0 Å². The Labute approximate surface area is 123 Å². The summed E-state index contributed by atoms with van der Waals surface area (Å²) in [5, 5.41) is 0. The maximum atomic E-state index is 12.1. The van der Waals surface area contributed by atoms with Gasteiger partial charge in [0.2, 0.25) is 0 Å². The fourth-order valence-corrected chi connectivity index (χ4v) is 1.80. The van der Waals surface area contributed by atoms with E-state index in [0.29, 0.717) is 11.1 Å². The lowest BCUT2D eigenvalue weighted by Gasteiger charge is -2.11. The van der Waals surface area contributed by atoms with Crippen molar-refractivity contribution < 1.29 is 27.4 Å². The number of methoxy groups -OCH3 is 1. The quantitative estimate of drug-likeness (QED) is 0.882. The van der Waals surface area contributed by atoms with Crippen LogP contribution in [0.2, 0.25) is 0 Å². The summed E-state index contributed by atoms with van der Waals surface area (Å²) in [4.78, 5) is 15.6. The lowest BCUT2D eigenvalue weighted by molar-refractivity contribution is -0.274. The zero-order valence-electron chi connectivity index (χ0n) is 11.3. The Morgan fingerprint density at radius 3 is 2.32 bits per heavy atom. The monoisotopic (exact) mass is 312 g/mol. The molecule has 0 saturated carbocycles. The van der Waals surface area contributed by atoms with Crippen LogP contribution in [0.5, 0.6) is 5.75 Å². The number of rotatable bonds is 3. The van der Waals surface area contributed by atoms with Crippen LogP contribution in [0.15, 0.2) is 36.4 Å². The second-order valence-corrected chi connectivity index (χ2v) is 4.20. The van der Waals surface area contributed by atoms with E-state index in [1.807, 2.05) is 0 Å². The number of aromatic nitrogens is 1. The van der Waals surface area contributed by atoms with Gasteiger partial charge in [0.25, 0.3) is 0 Å². The van der Waals surface area contributed by atoms with Crippen molar-refractivity contribution in [2.45, 2.75) is 6.36 Å². The summed E-state index contributed by atoms with van der Waals surface area (Å²) in [7, 11) is 1.19. The molecule has 2 N–H and O–H groups in total. The lowest BCUT2D eigenvalue weighted by Crippen LogP contribution is -2.17. The van der Waals surface area contributed by atoms with Crippen LogP contribution in [0.25, 0.3) is 11.1 Å². The molecule has 0 fully saturated rings. The number of benzene rings is 1. The molecule has 116 valence electrons. The van der Waals surface area contributed by atoms with E-state index in [1.54, 1.807) is 0 Å². The van der Waals surface area contributed by atoms with Crippen molar-refractivity contribution in [3.05, 3.63) is 42.1 Å². The minimum Gasteiger partial charge on any atom is -0.464 e. The fourth-order valence-electron chi connectivity index (χ4n) is 1.80. The van der Waals surface area contributed by atoms with Crippen LogP contribution in [0, 0.1) is 0 Å². The molecule has 0 radical (unpaired) electrons. The Morgan fingerprint density at radius 2 is 1.77 bits per heavy atom. The molecule has 0 unspecified atom stereocenters. The van der Waals surface area contributed by atoms with Gasteiger partial charge in [-0.2, -0.15) is 0 Å². The average molecular weight is 312 g/mol. The van der Waals surface area contributed by atoms with Crippen molar-refractivity contribution >= 4 is 11.8 Å². The van der Waals surface area contributed by atoms with Gasteiger partial charge in [-0.15, -0.1) is 13.2 Å². The lowest BCUT2D eigenvalue weighted by atomic mass is 10.0. The summed E-state index contributed by atoms with van der Waals surface area (Å²) in [6.07, 6.45) is -4.76. The van der Waals surface area contributed by atoms with Gasteiger partial charge in [0, 0.05) is 5.56 Å². The Morgan fingerprint density at radius 1 is 1.14 bits per heavy atom. The molecule has 2 rings (SSSR count). The molecule has 0 aliphatic carbocycles. The number of alkyl halides is 3. The van der Waals surface area contributed by atoms with Gasteiger partial charge in [0.05, 0.1) is 7.11 Å². The number of hydrogen-bond donors (Lipinski definition) is 1. The molecule has 8 heteroatoms. The highest BCUT2D eigenvalue weighted by atomic mass is 19.4. The minimum atomic E-state index is -4.76. The van der Waals surface area contributed by atoms with Crippen LogP contribution in [0.1, 0.15) is 10.5 Å². The number of nitrogens with zero attached hydrogens (tertiary/aromatic N) is 1. The van der Waals surface area contributed by atoms with Gasteiger partial charge in [-0.1, -0.05) is 12.1 Å². The standard InChI is InChI=1S/C14H11F3N2O3/c1-21-13(20)12-10(6-7-11(18)19-12)8-2-4-9(5-3-8)22-14(15,16)17/h2-7H,1H3,(H2,18,19). The highest BCUT2D eigenvalue weighted by Crippen LogP contribution is 2.28. The fraction of sp³-hybridized carbons (Fsp3) is 0.143. The van der Waals surface area contributed by atoms with E-state index >= 15 is 0 Å². The average Bonchev–Trinajstić information content (AvgIpc) is 2.46. The summed E-state index contributed by atoms with van der Waals surface area (Å²) in [5.41, 5.74) is 6.37. The molecule has 0 spiro atoms. The van der Waals surface area contributed by atoms with Crippen LogP contribution < -0.4 is 10.5 Å². The number of halogens is 3. The van der Waals surface area contributed by atoms with E-state index in [-0.39, 0.29) is 17.3 Å². The van der Waals surface area contributed by atoms with Crippen molar-refractivity contribution in [2.75, 3.05) is 12.8 Å². The second kappa shape index (κ2) is 5.92. The molecule has 0 aliphatic rings. The van der Waals surface area contributed by atoms with Crippen molar-refractivity contribution in [1.82, 2.24) is 4.98 Å². The number of nitrogens with two attached hydrogens (primary N) is 1. The van der Waals surface area contributed by atoms with Crippen molar-refractivity contribution in [3.63, 3.8) is 0 Å². The molecule has 1 aromatic carbocycles. The first-order chi connectivity index (χ1) is 10.3. The maximum absolute atomic E-state index is 12.1. The van der Waals surface area contributed by atoms with E-state index < -0.39 is 12.3 Å². The van der Waals surface area contributed by atoms with E-state index in [4.69, 9.17) is 5.73 Å². The molecular weight excluding hydrogens is 301 g/mol. The molecule has 1 aromatic heterocycles. The highest BCUT2D eigenvalue weighted by Gasteiger charge is 2.31. The third kappa shape index (κ3) is 3.66. The number of carbonyl (C=O) groups excluding carboxylic acids is 1. The normalized spacial score (nSPS) is 11.1. The number of pyridine rings is 1. The Bertz CT molecular complexity index is 685. The van der Waals surface area contributed by atoms with Crippen molar-refractivity contribution in [1.29, 1.82) is 0 Å².